The van der Waals surface area contributed by atoms with Crippen LogP contribution in [0.15, 0.2) is 82.6 Å². The number of aryl methyl sites for hydroxylation is 1. The topological polar surface area (TPSA) is 61.2 Å². The van der Waals surface area contributed by atoms with Gasteiger partial charge >= 0.3 is 0 Å². The maximum atomic E-state index is 14.4. The second-order valence-electron chi connectivity index (χ2n) is 9.76. The summed E-state index contributed by atoms with van der Waals surface area (Å²) in [6, 6.07) is 20.1. The van der Waals surface area contributed by atoms with Gasteiger partial charge in [-0.05, 0) is 42.8 Å². The van der Waals surface area contributed by atoms with Gasteiger partial charge in [-0.25, -0.2) is 9.37 Å². The average molecular weight is 572 g/mol. The van der Waals surface area contributed by atoms with Crippen LogP contribution in [0.1, 0.15) is 16.7 Å². The van der Waals surface area contributed by atoms with Crippen LogP contribution >= 0.6 is 24.0 Å². The van der Waals surface area contributed by atoms with Gasteiger partial charge in [0.15, 0.2) is 0 Å². The Labute approximate surface area is 240 Å². The largest absolute Gasteiger partial charge is 0.366 e. The number of pyridine rings is 1. The second kappa shape index (κ2) is 10.9. The van der Waals surface area contributed by atoms with Crippen molar-refractivity contribution in [3.8, 4) is 0 Å². The maximum Gasteiger partial charge on any atom is 0.267 e. The highest BCUT2D eigenvalue weighted by Gasteiger charge is 2.33. The fourth-order valence-electron chi connectivity index (χ4n) is 4.97. The number of para-hydroxylation sites is 1. The van der Waals surface area contributed by atoms with Crippen LogP contribution in [0, 0.1) is 12.7 Å². The normalized spacial score (nSPS) is 16.9. The molecule has 0 radical (unpaired) electrons. The molecule has 2 saturated heterocycles. The highest BCUT2D eigenvalue weighted by atomic mass is 32.2. The number of piperazine rings is 1. The molecule has 202 valence electrons. The van der Waals surface area contributed by atoms with E-state index in [-0.39, 0.29) is 17.3 Å². The molecule has 6 rings (SSSR count). The summed E-state index contributed by atoms with van der Waals surface area (Å²) in [5.74, 6) is 0.0167. The standard InChI is InChI=1S/C30H26FN5O2S2/c1-20-9-11-21(12-10-20)19-36-29(38)25(40-30(36)39)18-22-27(32-26-8-4-5-13-35(26)28(22)37)34-16-14-33(15-17-34)24-7-3-2-6-23(24)31/h2-13,18H,14-17,19H2,1H3. The number of amides is 1. The van der Waals surface area contributed by atoms with Crippen LogP contribution in [0.3, 0.4) is 0 Å². The van der Waals surface area contributed by atoms with E-state index in [2.05, 4.69) is 0 Å². The zero-order valence-corrected chi connectivity index (χ0v) is 23.4. The van der Waals surface area contributed by atoms with Gasteiger partial charge in [0.05, 0.1) is 22.7 Å². The quantitative estimate of drug-likeness (QED) is 0.250. The van der Waals surface area contributed by atoms with Gasteiger partial charge in [0.2, 0.25) is 0 Å². The van der Waals surface area contributed by atoms with Gasteiger partial charge < -0.3 is 9.80 Å². The zero-order chi connectivity index (χ0) is 27.8. The molecule has 2 aromatic carbocycles. The molecule has 4 heterocycles. The molecule has 2 aliphatic rings. The molecule has 0 unspecified atom stereocenters. The van der Waals surface area contributed by atoms with Crippen LogP contribution in [0.2, 0.25) is 0 Å². The first-order chi connectivity index (χ1) is 19.4. The number of halogens is 1. The summed E-state index contributed by atoms with van der Waals surface area (Å²) in [6.07, 6.45) is 3.30. The van der Waals surface area contributed by atoms with E-state index in [1.807, 2.05) is 53.1 Å². The molecule has 0 aliphatic carbocycles. The Hall–Kier alpha value is -4.02. The highest BCUT2D eigenvalue weighted by Crippen LogP contribution is 2.35. The van der Waals surface area contributed by atoms with Crippen molar-refractivity contribution in [3.63, 3.8) is 0 Å². The fourth-order valence-corrected chi connectivity index (χ4v) is 6.21. The monoisotopic (exact) mass is 571 g/mol. The van der Waals surface area contributed by atoms with E-state index in [1.165, 1.54) is 22.2 Å². The lowest BCUT2D eigenvalue weighted by Gasteiger charge is -2.37. The van der Waals surface area contributed by atoms with Crippen molar-refractivity contribution in [2.75, 3.05) is 36.0 Å². The number of carbonyl (C=O) groups is 1. The van der Waals surface area contributed by atoms with Gasteiger partial charge in [0.1, 0.15) is 21.6 Å². The Morgan fingerprint density at radius 3 is 2.40 bits per heavy atom. The minimum Gasteiger partial charge on any atom is -0.366 e. The molecular formula is C30H26FN5O2S2. The van der Waals surface area contributed by atoms with Crippen molar-refractivity contribution in [1.82, 2.24) is 14.3 Å². The molecule has 0 spiro atoms. The molecule has 0 N–H and O–H groups in total. The number of nitrogens with zero attached hydrogens (tertiary/aromatic N) is 5. The van der Waals surface area contributed by atoms with Gasteiger partial charge in [-0.15, -0.1) is 0 Å². The summed E-state index contributed by atoms with van der Waals surface area (Å²) < 4.78 is 16.3. The van der Waals surface area contributed by atoms with Crippen LogP contribution < -0.4 is 15.4 Å². The number of hydrogen-bond acceptors (Lipinski definition) is 7. The number of benzene rings is 2. The lowest BCUT2D eigenvalue weighted by atomic mass is 10.1. The van der Waals surface area contributed by atoms with E-state index in [1.54, 1.807) is 41.4 Å². The third kappa shape index (κ3) is 5.00. The number of thiocarbonyl (C=S) groups is 1. The number of carbonyl (C=O) groups excluding carboxylic acids is 1. The van der Waals surface area contributed by atoms with E-state index < -0.39 is 0 Å². The van der Waals surface area contributed by atoms with Gasteiger partial charge in [0, 0.05) is 32.4 Å². The summed E-state index contributed by atoms with van der Waals surface area (Å²) >= 11 is 6.75. The third-order valence-electron chi connectivity index (χ3n) is 7.13. The number of hydrogen-bond donors (Lipinski definition) is 0. The Balaban J connectivity index is 1.33. The number of rotatable bonds is 5. The van der Waals surface area contributed by atoms with Crippen LogP contribution in [0.25, 0.3) is 11.7 Å². The van der Waals surface area contributed by atoms with E-state index >= 15 is 0 Å². The van der Waals surface area contributed by atoms with Crippen molar-refractivity contribution >= 4 is 57.4 Å². The predicted molar refractivity (Wildman–Crippen MR) is 162 cm³/mol. The lowest BCUT2D eigenvalue weighted by Crippen LogP contribution is -2.47. The predicted octanol–water partition coefficient (Wildman–Crippen LogP) is 4.87. The number of aromatic nitrogens is 2. The third-order valence-corrected chi connectivity index (χ3v) is 8.51. The first-order valence-electron chi connectivity index (χ1n) is 13.0. The van der Waals surface area contributed by atoms with Crippen LogP contribution in [-0.4, -0.2) is 50.7 Å². The van der Waals surface area contributed by atoms with Crippen molar-refractivity contribution < 1.29 is 9.18 Å². The molecule has 0 atom stereocenters. The Morgan fingerprint density at radius 1 is 0.950 bits per heavy atom. The minimum absolute atomic E-state index is 0.233. The smallest absolute Gasteiger partial charge is 0.267 e. The van der Waals surface area contributed by atoms with Gasteiger partial charge in [-0.1, -0.05) is 72.0 Å². The molecule has 0 saturated carbocycles. The van der Waals surface area contributed by atoms with Crippen molar-refractivity contribution in [1.29, 1.82) is 0 Å². The van der Waals surface area contributed by atoms with Gasteiger partial charge in [-0.2, -0.15) is 0 Å². The summed E-state index contributed by atoms with van der Waals surface area (Å²) in [4.78, 5) is 38.0. The number of thioether (sulfide) groups is 1. The molecule has 10 heteroatoms. The van der Waals surface area contributed by atoms with E-state index in [0.717, 1.165) is 11.1 Å². The summed E-state index contributed by atoms with van der Waals surface area (Å²) in [7, 11) is 0. The zero-order valence-electron chi connectivity index (χ0n) is 21.8. The van der Waals surface area contributed by atoms with Gasteiger partial charge in [-0.3, -0.25) is 18.9 Å². The molecule has 0 bridgehead atoms. The van der Waals surface area contributed by atoms with Crippen LogP contribution in [0.5, 0.6) is 0 Å². The average Bonchev–Trinajstić information content (AvgIpc) is 3.23. The molecule has 2 aliphatic heterocycles. The molecule has 4 aromatic rings. The molecule has 2 fully saturated rings. The summed E-state index contributed by atoms with van der Waals surface area (Å²) in [5, 5.41) is 0. The molecule has 40 heavy (non-hydrogen) atoms. The lowest BCUT2D eigenvalue weighted by molar-refractivity contribution is -0.122. The molecule has 7 nitrogen and oxygen atoms in total. The second-order valence-corrected chi connectivity index (χ2v) is 11.4. The number of fused-ring (bicyclic) bond motifs is 1. The summed E-state index contributed by atoms with van der Waals surface area (Å²) in [5.41, 5.74) is 3.26. The van der Waals surface area contributed by atoms with Crippen molar-refractivity contribution in [2.24, 2.45) is 0 Å². The van der Waals surface area contributed by atoms with E-state index in [4.69, 9.17) is 17.2 Å². The van der Waals surface area contributed by atoms with E-state index in [0.29, 0.717) is 64.7 Å². The Bertz CT molecular complexity index is 1710. The first-order valence-corrected chi connectivity index (χ1v) is 14.2. The maximum absolute atomic E-state index is 14.4. The number of anilines is 2. The van der Waals surface area contributed by atoms with Crippen LogP contribution in [-0.2, 0) is 11.3 Å². The fraction of sp³-hybridized carbons (Fsp3) is 0.200. The minimum atomic E-state index is -0.263. The summed E-state index contributed by atoms with van der Waals surface area (Å²) in [6.45, 7) is 4.59. The first kappa shape index (κ1) is 26.2. The Kier molecular flexibility index (Phi) is 7.12. The van der Waals surface area contributed by atoms with Gasteiger partial charge in [0.25, 0.3) is 11.5 Å². The van der Waals surface area contributed by atoms with Crippen molar-refractivity contribution in [3.05, 3.63) is 111 Å². The SMILES string of the molecule is Cc1ccc(CN2C(=O)C(=Cc3c(N4CCN(c5ccccc5F)CC4)nc4ccccn4c3=O)SC2=S)cc1. The Morgan fingerprint density at radius 2 is 1.65 bits per heavy atom. The van der Waals surface area contributed by atoms with E-state index in [9.17, 15) is 14.0 Å². The highest BCUT2D eigenvalue weighted by molar-refractivity contribution is 8.26. The molecule has 2 aromatic heterocycles. The molecule has 1 amide bonds. The van der Waals surface area contributed by atoms with Crippen LogP contribution in [0.4, 0.5) is 15.9 Å². The van der Waals surface area contributed by atoms with Crippen molar-refractivity contribution in [2.45, 2.75) is 13.5 Å². The molecular weight excluding hydrogens is 545 g/mol.